The molecule has 0 saturated heterocycles. The molecule has 0 amide bonds. The molecule has 2 nitrogen and oxygen atoms in total. The van der Waals surface area contributed by atoms with Crippen LogP contribution in [0.25, 0.3) is 21.8 Å². The van der Waals surface area contributed by atoms with Crippen LogP contribution in [-0.4, -0.2) is 10.6 Å². The van der Waals surface area contributed by atoms with Gasteiger partial charge in [-0.1, -0.05) is 30.4 Å². The van der Waals surface area contributed by atoms with Crippen molar-refractivity contribution in [1.29, 1.82) is 0 Å². The number of fused-ring (bicyclic) bond motifs is 8. The summed E-state index contributed by atoms with van der Waals surface area (Å²) in [5.41, 5.74) is 6.39. The molecule has 1 fully saturated rings. The largest absolute Gasteiger partial charge is 0.487 e. The van der Waals surface area contributed by atoms with Crippen LogP contribution in [0, 0.1) is 12.8 Å². The van der Waals surface area contributed by atoms with Gasteiger partial charge in [0.15, 0.2) is 0 Å². The molecule has 1 saturated carbocycles. The Balaban J connectivity index is 1.87. The fourth-order valence-corrected chi connectivity index (χ4v) is 5.23. The fourth-order valence-electron chi connectivity index (χ4n) is 5.23. The van der Waals surface area contributed by atoms with E-state index in [9.17, 15) is 0 Å². The summed E-state index contributed by atoms with van der Waals surface area (Å²) in [5, 5.41) is 2.63. The SMILES string of the molecule is C=C(C)[C@H]1CC[C@]2(C)C[C@@H]1c1c(c(C)cc3c1[nH]c1ccccc13)O2. The van der Waals surface area contributed by atoms with Crippen molar-refractivity contribution in [3.8, 4) is 5.75 Å². The predicted molar refractivity (Wildman–Crippen MR) is 104 cm³/mol. The Labute approximate surface area is 148 Å². The van der Waals surface area contributed by atoms with E-state index in [2.05, 4.69) is 62.7 Å². The van der Waals surface area contributed by atoms with Gasteiger partial charge in [0.2, 0.25) is 0 Å². The molecule has 3 aromatic rings. The van der Waals surface area contributed by atoms with E-state index in [0.29, 0.717) is 11.8 Å². The molecule has 128 valence electrons. The molecule has 5 rings (SSSR count). The fraction of sp³-hybridized carbons (Fsp3) is 0.391. The van der Waals surface area contributed by atoms with E-state index in [1.165, 1.54) is 44.9 Å². The number of para-hydroxylation sites is 1. The number of aromatic amines is 1. The first-order valence-electron chi connectivity index (χ1n) is 9.35. The van der Waals surface area contributed by atoms with Crippen LogP contribution in [-0.2, 0) is 0 Å². The number of hydrogen-bond donors (Lipinski definition) is 1. The van der Waals surface area contributed by atoms with Gasteiger partial charge in [-0.2, -0.15) is 0 Å². The van der Waals surface area contributed by atoms with Gasteiger partial charge in [-0.3, -0.25) is 0 Å². The minimum atomic E-state index is -0.0337. The summed E-state index contributed by atoms with van der Waals surface area (Å²) < 4.78 is 6.60. The summed E-state index contributed by atoms with van der Waals surface area (Å²) in [6, 6.07) is 10.9. The van der Waals surface area contributed by atoms with E-state index in [1.54, 1.807) is 0 Å². The molecule has 3 atom stereocenters. The topological polar surface area (TPSA) is 25.0 Å². The Morgan fingerprint density at radius 2 is 2.08 bits per heavy atom. The van der Waals surface area contributed by atoms with Crippen LogP contribution in [0.4, 0.5) is 0 Å². The second-order valence-corrected chi connectivity index (χ2v) is 8.38. The third-order valence-electron chi connectivity index (χ3n) is 6.45. The van der Waals surface area contributed by atoms with Gasteiger partial charge in [0.05, 0.1) is 5.52 Å². The zero-order chi connectivity index (χ0) is 17.3. The van der Waals surface area contributed by atoms with Gasteiger partial charge in [0.1, 0.15) is 11.4 Å². The number of nitrogens with one attached hydrogen (secondary N) is 1. The molecule has 2 aliphatic rings. The van der Waals surface area contributed by atoms with Crippen molar-refractivity contribution in [3.05, 3.63) is 53.6 Å². The van der Waals surface area contributed by atoms with Crippen LogP contribution in [0.1, 0.15) is 50.2 Å². The van der Waals surface area contributed by atoms with Gasteiger partial charge >= 0.3 is 0 Å². The molecule has 1 aromatic heterocycles. The highest BCUT2D eigenvalue weighted by Crippen LogP contribution is 2.56. The maximum atomic E-state index is 6.60. The minimum absolute atomic E-state index is 0.0337. The van der Waals surface area contributed by atoms with Crippen molar-refractivity contribution < 1.29 is 4.74 Å². The van der Waals surface area contributed by atoms with Crippen LogP contribution in [0.15, 0.2) is 42.5 Å². The number of ether oxygens (including phenoxy) is 1. The lowest BCUT2D eigenvalue weighted by atomic mass is 9.65. The Bertz CT molecular complexity index is 1030. The first-order valence-corrected chi connectivity index (χ1v) is 9.35. The third kappa shape index (κ3) is 2.03. The zero-order valence-corrected chi connectivity index (χ0v) is 15.3. The highest BCUT2D eigenvalue weighted by Gasteiger charge is 2.46. The van der Waals surface area contributed by atoms with Crippen molar-refractivity contribution >= 4 is 21.8 Å². The molecule has 1 aliphatic carbocycles. The van der Waals surface area contributed by atoms with E-state index < -0.39 is 0 Å². The van der Waals surface area contributed by atoms with E-state index >= 15 is 0 Å². The highest BCUT2D eigenvalue weighted by atomic mass is 16.5. The average Bonchev–Trinajstić information content (AvgIpc) is 2.93. The molecule has 2 aromatic carbocycles. The van der Waals surface area contributed by atoms with E-state index in [-0.39, 0.29) is 5.60 Å². The van der Waals surface area contributed by atoms with Gasteiger partial charge < -0.3 is 9.72 Å². The summed E-state index contributed by atoms with van der Waals surface area (Å²) in [5.74, 6) is 2.16. The van der Waals surface area contributed by atoms with Crippen molar-refractivity contribution in [2.24, 2.45) is 5.92 Å². The Morgan fingerprint density at radius 3 is 2.88 bits per heavy atom. The first kappa shape index (κ1) is 15.1. The Hall–Kier alpha value is -2.22. The number of aryl methyl sites for hydroxylation is 1. The zero-order valence-electron chi connectivity index (χ0n) is 15.3. The van der Waals surface area contributed by atoms with Crippen molar-refractivity contribution in [1.82, 2.24) is 4.98 Å². The van der Waals surface area contributed by atoms with Gasteiger partial charge in [0.25, 0.3) is 0 Å². The average molecular weight is 331 g/mol. The van der Waals surface area contributed by atoms with Gasteiger partial charge in [0, 0.05) is 21.9 Å². The minimum Gasteiger partial charge on any atom is -0.487 e. The molecule has 2 bridgehead atoms. The van der Waals surface area contributed by atoms with Crippen LogP contribution < -0.4 is 4.74 Å². The predicted octanol–water partition coefficient (Wildman–Crippen LogP) is 6.24. The smallest absolute Gasteiger partial charge is 0.128 e. The van der Waals surface area contributed by atoms with Crippen molar-refractivity contribution in [2.75, 3.05) is 0 Å². The summed E-state index contributed by atoms with van der Waals surface area (Å²) >= 11 is 0. The van der Waals surface area contributed by atoms with E-state index in [0.717, 1.165) is 18.6 Å². The van der Waals surface area contributed by atoms with Crippen LogP contribution in [0.5, 0.6) is 5.75 Å². The van der Waals surface area contributed by atoms with Crippen molar-refractivity contribution in [2.45, 2.75) is 51.6 Å². The summed E-state index contributed by atoms with van der Waals surface area (Å²) in [6.45, 7) is 11.0. The van der Waals surface area contributed by atoms with Crippen LogP contribution in [0.3, 0.4) is 0 Å². The van der Waals surface area contributed by atoms with Gasteiger partial charge in [-0.05, 0) is 69.6 Å². The summed E-state index contributed by atoms with van der Waals surface area (Å²) in [7, 11) is 0. The molecule has 0 spiro atoms. The quantitative estimate of drug-likeness (QED) is 0.524. The lowest BCUT2D eigenvalue weighted by molar-refractivity contribution is 0.00731. The molecule has 0 radical (unpaired) electrons. The normalized spacial score (nSPS) is 28.0. The first-order chi connectivity index (χ1) is 12.0. The van der Waals surface area contributed by atoms with Crippen LogP contribution >= 0.6 is 0 Å². The maximum absolute atomic E-state index is 6.60. The second kappa shape index (κ2) is 4.91. The van der Waals surface area contributed by atoms with E-state index in [4.69, 9.17) is 4.74 Å². The second-order valence-electron chi connectivity index (χ2n) is 8.38. The number of benzene rings is 2. The van der Waals surface area contributed by atoms with Crippen LogP contribution in [0.2, 0.25) is 0 Å². The number of hydrogen-bond acceptors (Lipinski definition) is 1. The third-order valence-corrected chi connectivity index (χ3v) is 6.45. The molecule has 2 heterocycles. The maximum Gasteiger partial charge on any atom is 0.128 e. The lowest BCUT2D eigenvalue weighted by Crippen LogP contribution is -2.44. The van der Waals surface area contributed by atoms with E-state index in [1.807, 2.05) is 0 Å². The number of allylic oxidation sites excluding steroid dienone is 1. The molecule has 1 aliphatic heterocycles. The standard InChI is InChI=1S/C23H25NO/c1-13(2)15-9-10-23(4)12-18(15)20-21-17(11-14(3)22(20)25-23)16-7-5-6-8-19(16)24-21/h5-8,11,15,18,24H,1,9-10,12H2,2-4H3/t15-,18+,23-/m1/s1. The molecular formula is C23H25NO. The van der Waals surface area contributed by atoms with Crippen molar-refractivity contribution in [3.63, 3.8) is 0 Å². The molecule has 0 unspecified atom stereocenters. The lowest BCUT2D eigenvalue weighted by Gasteiger charge is -2.48. The monoisotopic (exact) mass is 331 g/mol. The molecule has 25 heavy (non-hydrogen) atoms. The number of H-pyrrole nitrogens is 1. The molecule has 2 heteroatoms. The number of aromatic nitrogens is 1. The van der Waals surface area contributed by atoms with Gasteiger partial charge in [-0.15, -0.1) is 0 Å². The summed E-state index contributed by atoms with van der Waals surface area (Å²) in [6.07, 6.45) is 3.38. The van der Waals surface area contributed by atoms with Gasteiger partial charge in [-0.25, -0.2) is 0 Å². The molecular weight excluding hydrogens is 306 g/mol. The summed E-state index contributed by atoms with van der Waals surface area (Å²) in [4.78, 5) is 3.70. The Kier molecular flexibility index (Phi) is 2.96. The highest BCUT2D eigenvalue weighted by molar-refractivity contribution is 6.09. The Morgan fingerprint density at radius 1 is 1.28 bits per heavy atom. The number of rotatable bonds is 1. The molecule has 1 N–H and O–H groups in total.